The second-order valence-electron chi connectivity index (χ2n) is 7.01. The summed E-state index contributed by atoms with van der Waals surface area (Å²) in [6.07, 6.45) is 3.11. The van der Waals surface area contributed by atoms with Gasteiger partial charge in [0, 0.05) is 38.3 Å². The van der Waals surface area contributed by atoms with Crippen LogP contribution in [0.2, 0.25) is 0 Å². The van der Waals surface area contributed by atoms with Crippen LogP contribution in [0.15, 0.2) is 30.3 Å². The predicted molar refractivity (Wildman–Crippen MR) is 104 cm³/mol. The summed E-state index contributed by atoms with van der Waals surface area (Å²) in [5.41, 5.74) is 2.22. The van der Waals surface area contributed by atoms with Crippen molar-refractivity contribution < 1.29 is 9.18 Å². The number of hydrogen-bond acceptors (Lipinski definition) is 5. The van der Waals surface area contributed by atoms with E-state index >= 15 is 0 Å². The number of carbonyl (C=O) groups is 1. The molecule has 3 rings (SSSR count). The van der Waals surface area contributed by atoms with Crippen LogP contribution in [-0.4, -0.2) is 47.0 Å². The largest absolute Gasteiger partial charge is 0.339 e. The summed E-state index contributed by atoms with van der Waals surface area (Å²) in [5, 5.41) is 9.06. The number of carbonyl (C=O) groups excluding carboxylic acids is 1. The lowest BCUT2D eigenvalue weighted by Gasteiger charge is -2.35. The van der Waals surface area contributed by atoms with Gasteiger partial charge in [-0.25, -0.2) is 14.4 Å². The molecule has 0 atom stereocenters. The molecule has 1 aromatic carbocycles. The van der Waals surface area contributed by atoms with Crippen molar-refractivity contribution in [2.75, 3.05) is 31.1 Å². The van der Waals surface area contributed by atoms with Gasteiger partial charge in [0.05, 0.1) is 0 Å². The molecule has 146 valence electrons. The molecule has 1 aliphatic rings. The molecule has 1 aliphatic heterocycles. The van der Waals surface area contributed by atoms with E-state index in [9.17, 15) is 9.18 Å². The Morgan fingerprint density at radius 3 is 2.54 bits per heavy atom. The summed E-state index contributed by atoms with van der Waals surface area (Å²) in [6, 6.07) is 10.2. The highest BCUT2D eigenvalue weighted by Gasteiger charge is 2.22. The maximum atomic E-state index is 12.9. The maximum absolute atomic E-state index is 12.9. The number of hydrogen-bond donors (Lipinski definition) is 0. The SMILES string of the molecule is Cc1cc(C#N)nc(N2CCN(C(=O)CCCCc3ccc(F)cc3)CC2)n1. The minimum atomic E-state index is -0.224. The van der Waals surface area contributed by atoms with Crippen molar-refractivity contribution in [3.05, 3.63) is 53.1 Å². The molecule has 28 heavy (non-hydrogen) atoms. The number of nitrogens with zero attached hydrogens (tertiary/aromatic N) is 5. The highest BCUT2D eigenvalue weighted by atomic mass is 19.1. The fraction of sp³-hybridized carbons (Fsp3) is 0.429. The number of piperazine rings is 1. The number of halogens is 1. The van der Waals surface area contributed by atoms with Gasteiger partial charge in [-0.3, -0.25) is 4.79 Å². The van der Waals surface area contributed by atoms with Crippen LogP contribution in [0.25, 0.3) is 0 Å². The summed E-state index contributed by atoms with van der Waals surface area (Å²) in [7, 11) is 0. The standard InChI is InChI=1S/C21H24FN5O/c1-16-14-19(15-23)25-21(24-16)27-12-10-26(11-13-27)20(28)5-3-2-4-17-6-8-18(22)9-7-17/h6-9,14H,2-5,10-13H2,1H3. The van der Waals surface area contributed by atoms with Gasteiger partial charge in [0.15, 0.2) is 0 Å². The Hall–Kier alpha value is -3.01. The molecule has 1 aromatic heterocycles. The fourth-order valence-corrected chi connectivity index (χ4v) is 3.32. The molecular weight excluding hydrogens is 357 g/mol. The van der Waals surface area contributed by atoms with Crippen LogP contribution in [0.3, 0.4) is 0 Å². The zero-order valence-corrected chi connectivity index (χ0v) is 16.1. The minimum Gasteiger partial charge on any atom is -0.339 e. The third kappa shape index (κ3) is 5.26. The van der Waals surface area contributed by atoms with Crippen LogP contribution < -0.4 is 4.90 Å². The van der Waals surface area contributed by atoms with Gasteiger partial charge in [-0.2, -0.15) is 5.26 Å². The van der Waals surface area contributed by atoms with Crippen molar-refractivity contribution in [2.24, 2.45) is 0 Å². The van der Waals surface area contributed by atoms with E-state index in [-0.39, 0.29) is 11.7 Å². The molecule has 0 saturated carbocycles. The number of aromatic nitrogens is 2. The fourth-order valence-electron chi connectivity index (χ4n) is 3.32. The van der Waals surface area contributed by atoms with Gasteiger partial charge in [-0.1, -0.05) is 12.1 Å². The van der Waals surface area contributed by atoms with Gasteiger partial charge in [0.2, 0.25) is 11.9 Å². The number of aryl methyl sites for hydroxylation is 2. The molecule has 0 N–H and O–H groups in total. The summed E-state index contributed by atoms with van der Waals surface area (Å²) in [5.74, 6) is 0.502. The Kier molecular flexibility index (Phi) is 6.53. The van der Waals surface area contributed by atoms with Crippen LogP contribution in [0.5, 0.6) is 0 Å². The molecule has 1 saturated heterocycles. The topological polar surface area (TPSA) is 73.1 Å². The first-order chi connectivity index (χ1) is 13.5. The first-order valence-corrected chi connectivity index (χ1v) is 9.58. The molecule has 2 aromatic rings. The second kappa shape index (κ2) is 9.27. The van der Waals surface area contributed by atoms with Crippen molar-refractivity contribution in [3.8, 4) is 6.07 Å². The Morgan fingerprint density at radius 1 is 1.14 bits per heavy atom. The molecule has 7 heteroatoms. The average Bonchev–Trinajstić information content (AvgIpc) is 2.72. The minimum absolute atomic E-state index is 0.168. The zero-order valence-electron chi connectivity index (χ0n) is 16.1. The summed E-state index contributed by atoms with van der Waals surface area (Å²) < 4.78 is 12.9. The Bertz CT molecular complexity index is 854. The van der Waals surface area contributed by atoms with Crippen molar-refractivity contribution in [1.29, 1.82) is 5.26 Å². The van der Waals surface area contributed by atoms with E-state index in [0.29, 0.717) is 44.2 Å². The highest BCUT2D eigenvalue weighted by Crippen LogP contribution is 2.15. The summed E-state index contributed by atoms with van der Waals surface area (Å²) >= 11 is 0. The van der Waals surface area contributed by atoms with E-state index in [4.69, 9.17) is 5.26 Å². The third-order valence-electron chi connectivity index (χ3n) is 4.89. The van der Waals surface area contributed by atoms with Gasteiger partial charge in [0.25, 0.3) is 0 Å². The van der Waals surface area contributed by atoms with Crippen LogP contribution >= 0.6 is 0 Å². The quantitative estimate of drug-likeness (QED) is 0.720. The second-order valence-corrected chi connectivity index (χ2v) is 7.01. The molecule has 6 nitrogen and oxygen atoms in total. The summed E-state index contributed by atoms with van der Waals surface area (Å²) in [4.78, 5) is 25.0. The number of anilines is 1. The zero-order chi connectivity index (χ0) is 19.9. The van der Waals surface area contributed by atoms with E-state index in [1.165, 1.54) is 12.1 Å². The number of benzene rings is 1. The molecule has 2 heterocycles. The number of unbranched alkanes of at least 4 members (excludes halogenated alkanes) is 1. The maximum Gasteiger partial charge on any atom is 0.226 e. The van der Waals surface area contributed by atoms with E-state index in [1.807, 2.05) is 16.7 Å². The normalized spacial score (nSPS) is 14.0. The van der Waals surface area contributed by atoms with E-state index in [1.54, 1.807) is 18.2 Å². The molecule has 0 aliphatic carbocycles. The van der Waals surface area contributed by atoms with Crippen LogP contribution in [0, 0.1) is 24.1 Å². The lowest BCUT2D eigenvalue weighted by atomic mass is 10.1. The lowest BCUT2D eigenvalue weighted by Crippen LogP contribution is -2.49. The van der Waals surface area contributed by atoms with Gasteiger partial charge in [-0.15, -0.1) is 0 Å². The summed E-state index contributed by atoms with van der Waals surface area (Å²) in [6.45, 7) is 4.44. The lowest BCUT2D eigenvalue weighted by molar-refractivity contribution is -0.131. The molecule has 1 amide bonds. The van der Waals surface area contributed by atoms with E-state index < -0.39 is 0 Å². The van der Waals surface area contributed by atoms with Crippen molar-refractivity contribution in [3.63, 3.8) is 0 Å². The predicted octanol–water partition coefficient (Wildman–Crippen LogP) is 2.86. The molecular formula is C21H24FN5O. The number of rotatable bonds is 6. The average molecular weight is 381 g/mol. The molecule has 0 bridgehead atoms. The van der Waals surface area contributed by atoms with Crippen LogP contribution in [0.1, 0.15) is 36.2 Å². The molecule has 1 fully saturated rings. The van der Waals surface area contributed by atoms with E-state index in [2.05, 4.69) is 16.0 Å². The molecule has 0 spiro atoms. The highest BCUT2D eigenvalue weighted by molar-refractivity contribution is 5.76. The van der Waals surface area contributed by atoms with Gasteiger partial charge in [-0.05, 0) is 49.9 Å². The van der Waals surface area contributed by atoms with Crippen molar-refractivity contribution in [2.45, 2.75) is 32.6 Å². The Balaban J connectivity index is 1.42. The van der Waals surface area contributed by atoms with Gasteiger partial charge >= 0.3 is 0 Å². The molecule has 0 unspecified atom stereocenters. The van der Waals surface area contributed by atoms with E-state index in [0.717, 1.165) is 30.5 Å². The van der Waals surface area contributed by atoms with Crippen molar-refractivity contribution >= 4 is 11.9 Å². The van der Waals surface area contributed by atoms with Crippen LogP contribution in [-0.2, 0) is 11.2 Å². The van der Waals surface area contributed by atoms with Gasteiger partial charge < -0.3 is 9.80 Å². The van der Waals surface area contributed by atoms with Crippen LogP contribution in [0.4, 0.5) is 10.3 Å². The first kappa shape index (κ1) is 19.7. The Morgan fingerprint density at radius 2 is 1.86 bits per heavy atom. The number of nitriles is 1. The van der Waals surface area contributed by atoms with Crippen molar-refractivity contribution in [1.82, 2.24) is 14.9 Å². The number of amides is 1. The smallest absolute Gasteiger partial charge is 0.226 e. The monoisotopic (exact) mass is 381 g/mol. The third-order valence-corrected chi connectivity index (χ3v) is 4.89. The van der Waals surface area contributed by atoms with Gasteiger partial charge in [0.1, 0.15) is 17.6 Å². The Labute approximate surface area is 164 Å². The molecule has 0 radical (unpaired) electrons. The first-order valence-electron chi connectivity index (χ1n) is 9.58.